The average molecular weight is 637 g/mol. The maximum absolute atomic E-state index is 13.9. The number of hydrogen-bond donors (Lipinski definition) is 4. The number of carbonyl (C=O) groups is 5. The van der Waals surface area contributed by atoms with Gasteiger partial charge in [-0.2, -0.15) is 0 Å². The first-order chi connectivity index (χ1) is 21.8. The number of piperidine rings is 1. The molecule has 2 aliphatic carbocycles. The number of rotatable bonds is 11. The van der Waals surface area contributed by atoms with E-state index in [9.17, 15) is 24.0 Å². The van der Waals surface area contributed by atoms with Gasteiger partial charge in [-0.05, 0) is 61.5 Å². The van der Waals surface area contributed by atoms with E-state index in [1.807, 2.05) is 36.4 Å². The van der Waals surface area contributed by atoms with Crippen molar-refractivity contribution in [3.63, 3.8) is 0 Å². The molecule has 0 radical (unpaired) electrons. The molecule has 4 amide bonds. The van der Waals surface area contributed by atoms with Crippen molar-refractivity contribution in [1.82, 2.24) is 21.3 Å². The molecule has 2 fully saturated rings. The van der Waals surface area contributed by atoms with Crippen LogP contribution < -0.4 is 21.3 Å². The summed E-state index contributed by atoms with van der Waals surface area (Å²) >= 11 is 6.15. The van der Waals surface area contributed by atoms with E-state index < -0.39 is 47.4 Å². The normalized spacial score (nSPS) is 24.6. The zero-order valence-corrected chi connectivity index (χ0v) is 26.0. The van der Waals surface area contributed by atoms with Crippen LogP contribution in [0.2, 0.25) is 0 Å². The average Bonchev–Trinajstić information content (AvgIpc) is 3.05. The number of halogens is 1. The summed E-state index contributed by atoms with van der Waals surface area (Å²) in [5.41, 5.74) is 1.56. The zero-order chi connectivity index (χ0) is 31.8. The molecule has 0 bridgehead atoms. The first-order valence-electron chi connectivity index (χ1n) is 15.9. The molecule has 1 saturated carbocycles. The van der Waals surface area contributed by atoms with Crippen molar-refractivity contribution in [2.45, 2.75) is 82.0 Å². The molecule has 2 heterocycles. The fourth-order valence-electron chi connectivity index (χ4n) is 6.36. The van der Waals surface area contributed by atoms with E-state index in [2.05, 4.69) is 21.3 Å². The molecule has 4 aliphatic rings. The van der Waals surface area contributed by atoms with Gasteiger partial charge in [0.15, 0.2) is 0 Å². The standard InChI is InChI=1S/C34H41ClN4O6/c35-25-13-14-29-23(18-25)17-24(20-45-29)32(42)39-28(16-21-8-3-1-4-9-21)33(43)38-27(19-22-10-7-15-36-31(22)41)30(40)34(44)37-26-11-5-2-6-12-26/h1,3-4,8-9,13-14,17-18,22,24,26-29H,2,5-7,10-12,15-16,19-20H2,(H,36,41)(H,37,44)(H,38,43)(H,39,42)/t22-,24?,27-,28-,29?/m0/s1. The number of ether oxygens (including phenoxy) is 1. The van der Waals surface area contributed by atoms with E-state index in [1.165, 1.54) is 0 Å². The molecule has 2 aliphatic heterocycles. The molecule has 10 nitrogen and oxygen atoms in total. The highest BCUT2D eigenvalue weighted by Crippen LogP contribution is 2.27. The second kappa shape index (κ2) is 15.5. The summed E-state index contributed by atoms with van der Waals surface area (Å²) in [4.78, 5) is 66.7. The zero-order valence-electron chi connectivity index (χ0n) is 25.3. The number of hydrogen-bond acceptors (Lipinski definition) is 6. The second-order valence-corrected chi connectivity index (χ2v) is 12.7. The summed E-state index contributed by atoms with van der Waals surface area (Å²) < 4.78 is 5.86. The maximum atomic E-state index is 13.9. The Morgan fingerprint density at radius 1 is 0.978 bits per heavy atom. The molecule has 1 saturated heterocycles. The smallest absolute Gasteiger partial charge is 0.289 e. The third kappa shape index (κ3) is 8.92. The van der Waals surface area contributed by atoms with Crippen LogP contribution in [0.1, 0.15) is 56.9 Å². The van der Waals surface area contributed by atoms with E-state index >= 15 is 0 Å². The summed E-state index contributed by atoms with van der Waals surface area (Å²) in [6, 6.07) is 6.83. The van der Waals surface area contributed by atoms with E-state index in [-0.39, 0.29) is 37.5 Å². The van der Waals surface area contributed by atoms with Gasteiger partial charge in [0.1, 0.15) is 12.1 Å². The molecule has 5 atom stereocenters. The van der Waals surface area contributed by atoms with Crippen molar-refractivity contribution >= 4 is 41.0 Å². The van der Waals surface area contributed by atoms with Crippen molar-refractivity contribution in [3.8, 4) is 0 Å². The largest absolute Gasteiger partial charge is 0.368 e. The van der Waals surface area contributed by atoms with E-state index in [0.717, 1.165) is 49.7 Å². The number of allylic oxidation sites excluding steroid dienone is 2. The highest BCUT2D eigenvalue weighted by molar-refractivity contribution is 6.38. The number of nitrogens with one attached hydrogen (secondary N) is 4. The van der Waals surface area contributed by atoms with Crippen LogP contribution in [-0.2, 0) is 35.1 Å². The quantitative estimate of drug-likeness (QED) is 0.275. The summed E-state index contributed by atoms with van der Waals surface area (Å²) in [7, 11) is 0. The van der Waals surface area contributed by atoms with Crippen LogP contribution in [0.3, 0.4) is 0 Å². The Balaban J connectivity index is 1.33. The van der Waals surface area contributed by atoms with Gasteiger partial charge in [-0.3, -0.25) is 24.0 Å². The van der Waals surface area contributed by atoms with E-state index in [1.54, 1.807) is 18.2 Å². The van der Waals surface area contributed by atoms with Crippen molar-refractivity contribution in [3.05, 3.63) is 70.8 Å². The van der Waals surface area contributed by atoms with Crippen LogP contribution in [0.5, 0.6) is 0 Å². The van der Waals surface area contributed by atoms with Crippen LogP contribution in [-0.4, -0.2) is 66.8 Å². The third-order valence-corrected chi connectivity index (χ3v) is 9.12. The van der Waals surface area contributed by atoms with Gasteiger partial charge in [0, 0.05) is 30.0 Å². The van der Waals surface area contributed by atoms with Gasteiger partial charge in [0.05, 0.1) is 18.6 Å². The molecule has 11 heteroatoms. The highest BCUT2D eigenvalue weighted by atomic mass is 35.5. The van der Waals surface area contributed by atoms with E-state index in [4.69, 9.17) is 16.3 Å². The van der Waals surface area contributed by atoms with Gasteiger partial charge in [0.2, 0.25) is 23.5 Å². The maximum Gasteiger partial charge on any atom is 0.289 e. The molecule has 0 aromatic heterocycles. The van der Waals surface area contributed by atoms with Crippen LogP contribution in [0.15, 0.2) is 65.2 Å². The molecular formula is C34H41ClN4O6. The van der Waals surface area contributed by atoms with Crippen LogP contribution >= 0.6 is 11.6 Å². The van der Waals surface area contributed by atoms with Gasteiger partial charge in [-0.1, -0.05) is 67.3 Å². The minimum atomic E-state index is -1.23. The molecule has 240 valence electrons. The predicted molar refractivity (Wildman–Crippen MR) is 169 cm³/mol. The number of carbonyl (C=O) groups excluding carboxylic acids is 5. The summed E-state index contributed by atoms with van der Waals surface area (Å²) in [5, 5.41) is 11.8. The molecule has 1 aromatic rings. The molecule has 0 spiro atoms. The van der Waals surface area contributed by atoms with Crippen LogP contribution in [0.4, 0.5) is 0 Å². The number of amides is 4. The van der Waals surface area contributed by atoms with Crippen LogP contribution in [0.25, 0.3) is 0 Å². The van der Waals surface area contributed by atoms with Crippen molar-refractivity contribution < 1.29 is 28.7 Å². The van der Waals surface area contributed by atoms with E-state index in [0.29, 0.717) is 18.0 Å². The first-order valence-corrected chi connectivity index (χ1v) is 16.3. The molecule has 45 heavy (non-hydrogen) atoms. The van der Waals surface area contributed by atoms with Gasteiger partial charge in [-0.15, -0.1) is 0 Å². The molecular weight excluding hydrogens is 596 g/mol. The topological polar surface area (TPSA) is 143 Å². The monoisotopic (exact) mass is 636 g/mol. The van der Waals surface area contributed by atoms with Crippen molar-refractivity contribution in [2.75, 3.05) is 13.2 Å². The van der Waals surface area contributed by atoms with Crippen molar-refractivity contribution in [1.29, 1.82) is 0 Å². The molecule has 2 unspecified atom stereocenters. The number of benzene rings is 1. The number of Topliss-reactive ketones (excluding diaryl/α,β-unsaturated/α-hetero) is 1. The fourth-order valence-corrected chi connectivity index (χ4v) is 6.56. The Kier molecular flexibility index (Phi) is 11.2. The number of ketones is 1. The van der Waals surface area contributed by atoms with Gasteiger partial charge in [0.25, 0.3) is 5.91 Å². The Morgan fingerprint density at radius 2 is 1.76 bits per heavy atom. The lowest BCUT2D eigenvalue weighted by Crippen LogP contribution is -2.57. The Bertz CT molecular complexity index is 1370. The lowest BCUT2D eigenvalue weighted by atomic mass is 9.89. The first kappa shape index (κ1) is 32.6. The van der Waals surface area contributed by atoms with Crippen LogP contribution in [0, 0.1) is 11.8 Å². The molecule has 4 N–H and O–H groups in total. The predicted octanol–water partition coefficient (Wildman–Crippen LogP) is 2.77. The lowest BCUT2D eigenvalue weighted by molar-refractivity contribution is -0.142. The minimum absolute atomic E-state index is 0.00887. The summed E-state index contributed by atoms with van der Waals surface area (Å²) in [6.45, 7) is 0.669. The summed E-state index contributed by atoms with van der Waals surface area (Å²) in [5.74, 6) is -3.98. The van der Waals surface area contributed by atoms with Gasteiger partial charge >= 0.3 is 0 Å². The Hall–Kier alpha value is -3.76. The minimum Gasteiger partial charge on any atom is -0.368 e. The summed E-state index contributed by atoms with van der Waals surface area (Å²) in [6.07, 6.45) is 12.9. The lowest BCUT2D eigenvalue weighted by Gasteiger charge is -2.30. The Morgan fingerprint density at radius 3 is 2.51 bits per heavy atom. The molecule has 5 rings (SSSR count). The SMILES string of the molecule is O=C(NC1CCCCC1)C(=O)[C@H](C[C@@H]1CCCNC1=O)NC(=O)[C@H](Cc1ccccc1)NC(=O)C1C=C2C=C(Cl)C=CC2OC1. The fraction of sp³-hybridized carbons (Fsp3) is 0.500. The molecule has 1 aromatic carbocycles. The third-order valence-electron chi connectivity index (χ3n) is 8.88. The highest BCUT2D eigenvalue weighted by Gasteiger charge is 2.36. The number of fused-ring (bicyclic) bond motifs is 1. The van der Waals surface area contributed by atoms with Gasteiger partial charge < -0.3 is 26.0 Å². The van der Waals surface area contributed by atoms with Crippen molar-refractivity contribution in [2.24, 2.45) is 11.8 Å². The van der Waals surface area contributed by atoms with Gasteiger partial charge in [-0.25, -0.2) is 0 Å². The second-order valence-electron chi connectivity index (χ2n) is 12.3. The Labute approximate surface area is 268 Å².